The number of aromatic nitrogens is 2. The van der Waals surface area contributed by atoms with E-state index in [1.807, 2.05) is 6.20 Å². The van der Waals surface area contributed by atoms with Crippen LogP contribution in [0.1, 0.15) is 32.8 Å². The number of aromatic amines is 1. The molecular weight excluding hydrogens is 172 g/mol. The van der Waals surface area contributed by atoms with E-state index in [1.54, 1.807) is 0 Å². The molecule has 0 radical (unpaired) electrons. The Morgan fingerprint density at radius 2 is 2.14 bits per heavy atom. The van der Waals surface area contributed by atoms with Gasteiger partial charge in [-0.25, -0.2) is 0 Å². The number of rotatable bonds is 2. The summed E-state index contributed by atoms with van der Waals surface area (Å²) in [6.45, 7) is 6.77. The largest absolute Gasteiger partial charge is 0.278 e. The Kier molecular flexibility index (Phi) is 2.06. The van der Waals surface area contributed by atoms with Crippen molar-refractivity contribution in [1.29, 1.82) is 0 Å². The molecule has 2 nitrogen and oxygen atoms in total. The first-order valence-corrected chi connectivity index (χ1v) is 5.08. The van der Waals surface area contributed by atoms with Crippen molar-refractivity contribution in [2.75, 3.05) is 0 Å². The van der Waals surface area contributed by atoms with Crippen LogP contribution in [0.15, 0.2) is 24.4 Å². The van der Waals surface area contributed by atoms with Crippen molar-refractivity contribution in [1.82, 2.24) is 10.2 Å². The molecular formula is C12H16N2. The average Bonchev–Trinajstić information content (AvgIpc) is 2.64. The maximum atomic E-state index is 4.08. The van der Waals surface area contributed by atoms with Crippen molar-refractivity contribution in [2.45, 2.75) is 32.6 Å². The molecule has 2 rings (SSSR count). The second kappa shape index (κ2) is 3.12. The molecule has 0 saturated carbocycles. The van der Waals surface area contributed by atoms with E-state index in [2.05, 4.69) is 49.2 Å². The van der Waals surface area contributed by atoms with Crippen LogP contribution in [0.5, 0.6) is 0 Å². The van der Waals surface area contributed by atoms with Crippen molar-refractivity contribution in [3.05, 3.63) is 30.0 Å². The summed E-state index contributed by atoms with van der Waals surface area (Å²) in [5, 5.41) is 8.34. The van der Waals surface area contributed by atoms with Gasteiger partial charge in [0.25, 0.3) is 0 Å². The molecule has 0 atom stereocenters. The molecule has 0 aliphatic carbocycles. The monoisotopic (exact) mass is 188 g/mol. The minimum absolute atomic E-state index is 0.226. The summed E-state index contributed by atoms with van der Waals surface area (Å²) in [5.74, 6) is 0. The molecule has 0 aliphatic rings. The van der Waals surface area contributed by atoms with Crippen LogP contribution in [0.3, 0.4) is 0 Å². The molecule has 0 amide bonds. The van der Waals surface area contributed by atoms with Gasteiger partial charge in [0.1, 0.15) is 0 Å². The average molecular weight is 188 g/mol. The predicted octanol–water partition coefficient (Wildman–Crippen LogP) is 3.25. The van der Waals surface area contributed by atoms with E-state index in [0.717, 1.165) is 11.9 Å². The number of hydrogen-bond acceptors (Lipinski definition) is 1. The topological polar surface area (TPSA) is 28.7 Å². The molecule has 0 fully saturated rings. The lowest BCUT2D eigenvalue weighted by molar-refractivity contribution is 0.511. The van der Waals surface area contributed by atoms with Gasteiger partial charge in [0.05, 0.1) is 11.7 Å². The molecule has 1 aromatic carbocycles. The Hall–Kier alpha value is -1.31. The Balaban J connectivity index is 2.67. The Morgan fingerprint density at radius 1 is 1.36 bits per heavy atom. The van der Waals surface area contributed by atoms with Crippen LogP contribution in [0, 0.1) is 0 Å². The minimum atomic E-state index is 0.226. The molecule has 1 heterocycles. The maximum Gasteiger partial charge on any atom is 0.0653 e. The molecule has 2 aromatic rings. The number of nitrogens with zero attached hydrogens (tertiary/aromatic N) is 1. The second-order valence-corrected chi connectivity index (χ2v) is 4.37. The summed E-state index contributed by atoms with van der Waals surface area (Å²) in [4.78, 5) is 0. The normalized spacial score (nSPS) is 12.2. The fourth-order valence-electron chi connectivity index (χ4n) is 1.75. The van der Waals surface area contributed by atoms with E-state index in [-0.39, 0.29) is 5.41 Å². The number of benzene rings is 1. The van der Waals surface area contributed by atoms with E-state index in [9.17, 15) is 0 Å². The quantitative estimate of drug-likeness (QED) is 0.770. The Morgan fingerprint density at radius 3 is 2.86 bits per heavy atom. The lowest BCUT2D eigenvalue weighted by Crippen LogP contribution is -2.15. The number of fused-ring (bicyclic) bond motifs is 1. The van der Waals surface area contributed by atoms with Gasteiger partial charge < -0.3 is 0 Å². The highest BCUT2D eigenvalue weighted by molar-refractivity contribution is 5.82. The lowest BCUT2D eigenvalue weighted by atomic mass is 9.81. The van der Waals surface area contributed by atoms with Gasteiger partial charge >= 0.3 is 0 Å². The number of nitrogens with one attached hydrogen (secondary N) is 1. The van der Waals surface area contributed by atoms with Gasteiger partial charge in [-0.05, 0) is 23.5 Å². The highest BCUT2D eigenvalue weighted by atomic mass is 15.1. The summed E-state index contributed by atoms with van der Waals surface area (Å²) >= 11 is 0. The van der Waals surface area contributed by atoms with E-state index in [4.69, 9.17) is 0 Å². The fraction of sp³-hybridized carbons (Fsp3) is 0.417. The summed E-state index contributed by atoms with van der Waals surface area (Å²) in [7, 11) is 0. The lowest BCUT2D eigenvalue weighted by Gasteiger charge is -2.23. The molecule has 1 N–H and O–H groups in total. The molecule has 0 unspecified atom stereocenters. The van der Waals surface area contributed by atoms with Crippen LogP contribution in [0.4, 0.5) is 0 Å². The molecule has 0 saturated heterocycles. The molecule has 0 spiro atoms. The van der Waals surface area contributed by atoms with Gasteiger partial charge in [-0.1, -0.05) is 32.9 Å². The second-order valence-electron chi connectivity index (χ2n) is 4.37. The summed E-state index contributed by atoms with van der Waals surface area (Å²) in [5.41, 5.74) is 2.74. The molecule has 0 bridgehead atoms. The fourth-order valence-corrected chi connectivity index (χ4v) is 1.75. The Labute approximate surface area is 84.3 Å². The zero-order valence-electron chi connectivity index (χ0n) is 8.96. The van der Waals surface area contributed by atoms with Gasteiger partial charge in [-0.15, -0.1) is 0 Å². The smallest absolute Gasteiger partial charge is 0.0653 e. The summed E-state index contributed by atoms with van der Waals surface area (Å²) in [6.07, 6.45) is 3.05. The van der Waals surface area contributed by atoms with Crippen LogP contribution in [0.2, 0.25) is 0 Å². The maximum absolute atomic E-state index is 4.08. The molecule has 74 valence electrons. The van der Waals surface area contributed by atoms with Crippen LogP contribution in [-0.2, 0) is 5.41 Å². The highest BCUT2D eigenvalue weighted by Gasteiger charge is 2.20. The number of H-pyrrole nitrogens is 1. The zero-order valence-corrected chi connectivity index (χ0v) is 8.96. The van der Waals surface area contributed by atoms with Gasteiger partial charge in [0, 0.05) is 5.39 Å². The van der Waals surface area contributed by atoms with Gasteiger partial charge in [-0.3, -0.25) is 5.10 Å². The summed E-state index contributed by atoms with van der Waals surface area (Å²) in [6, 6.07) is 6.35. The van der Waals surface area contributed by atoms with Crippen LogP contribution >= 0.6 is 0 Å². The third kappa shape index (κ3) is 1.31. The predicted molar refractivity (Wildman–Crippen MR) is 59.4 cm³/mol. The first kappa shape index (κ1) is 9.25. The van der Waals surface area contributed by atoms with Crippen LogP contribution in [-0.4, -0.2) is 10.2 Å². The van der Waals surface area contributed by atoms with Crippen LogP contribution in [0.25, 0.3) is 10.9 Å². The van der Waals surface area contributed by atoms with E-state index in [0.29, 0.717) is 0 Å². The zero-order chi connectivity index (χ0) is 10.2. The third-order valence-electron chi connectivity index (χ3n) is 3.10. The summed E-state index contributed by atoms with van der Waals surface area (Å²) < 4.78 is 0. The van der Waals surface area contributed by atoms with Crippen LogP contribution < -0.4 is 0 Å². The molecule has 1 aromatic heterocycles. The van der Waals surface area contributed by atoms with Gasteiger partial charge in [0.2, 0.25) is 0 Å². The molecule has 14 heavy (non-hydrogen) atoms. The van der Waals surface area contributed by atoms with Gasteiger partial charge in [0.15, 0.2) is 0 Å². The van der Waals surface area contributed by atoms with E-state index >= 15 is 0 Å². The molecule has 2 heteroatoms. The standard InChI is InChI=1S/C12H16N2/c1-4-12(2,3)10-6-5-7-11-9(10)8-13-14-11/h5-8H,4H2,1-3H3,(H,13,14). The first-order valence-electron chi connectivity index (χ1n) is 5.08. The Bertz CT molecular complexity index is 440. The van der Waals surface area contributed by atoms with E-state index < -0.39 is 0 Å². The third-order valence-corrected chi connectivity index (χ3v) is 3.10. The van der Waals surface area contributed by atoms with Crippen molar-refractivity contribution < 1.29 is 0 Å². The molecule has 0 aliphatic heterocycles. The first-order chi connectivity index (χ1) is 6.65. The highest BCUT2D eigenvalue weighted by Crippen LogP contribution is 2.31. The number of hydrogen-bond donors (Lipinski definition) is 1. The SMILES string of the molecule is CCC(C)(C)c1cccc2[nH]ncc12. The van der Waals surface area contributed by atoms with E-state index in [1.165, 1.54) is 10.9 Å². The minimum Gasteiger partial charge on any atom is -0.278 e. The van der Waals surface area contributed by atoms with Crippen molar-refractivity contribution in [2.24, 2.45) is 0 Å². The van der Waals surface area contributed by atoms with Crippen molar-refractivity contribution >= 4 is 10.9 Å². The van der Waals surface area contributed by atoms with Crippen molar-refractivity contribution in [3.8, 4) is 0 Å². The van der Waals surface area contributed by atoms with Gasteiger partial charge in [-0.2, -0.15) is 5.10 Å². The van der Waals surface area contributed by atoms with Crippen molar-refractivity contribution in [3.63, 3.8) is 0 Å².